The predicted octanol–water partition coefficient (Wildman–Crippen LogP) is 4.58. The summed E-state index contributed by atoms with van der Waals surface area (Å²) in [5.41, 5.74) is 0. The zero-order chi connectivity index (χ0) is 13.8. The fourth-order valence-corrected chi connectivity index (χ4v) is 2.45. The van der Waals surface area contributed by atoms with Crippen LogP contribution in [0.4, 0.5) is 0 Å². The second-order valence-corrected chi connectivity index (χ2v) is 4.94. The van der Waals surface area contributed by atoms with Crippen molar-refractivity contribution in [3.8, 4) is 0 Å². The minimum Gasteiger partial charge on any atom is -0.264 e. The summed E-state index contributed by atoms with van der Waals surface area (Å²) in [6.07, 6.45) is 4.71. The van der Waals surface area contributed by atoms with Crippen molar-refractivity contribution in [1.29, 1.82) is 0 Å². The highest BCUT2D eigenvalue weighted by Gasteiger charge is 2.29. The van der Waals surface area contributed by atoms with Gasteiger partial charge in [0.15, 0.2) is 0 Å². The van der Waals surface area contributed by atoms with Crippen LogP contribution in [0.5, 0.6) is 0 Å². The molecule has 1 saturated carbocycles. The third kappa shape index (κ3) is 9.45. The molecule has 0 bridgehead atoms. The van der Waals surface area contributed by atoms with Gasteiger partial charge in [-0.2, -0.15) is 12.6 Å². The van der Waals surface area contributed by atoms with E-state index in [-0.39, 0.29) is 11.0 Å². The summed E-state index contributed by atoms with van der Waals surface area (Å²) in [6.45, 7) is 10.1. The third-order valence-corrected chi connectivity index (χ3v) is 2.94. The summed E-state index contributed by atoms with van der Waals surface area (Å²) in [7, 11) is 0. The molecule has 1 fully saturated rings. The summed E-state index contributed by atoms with van der Waals surface area (Å²) in [5, 5.41) is 10.9. The Labute approximate surface area is 112 Å². The molecule has 0 amide bonds. The average molecular weight is 263 g/mol. The molecule has 0 N–H and O–H groups in total. The van der Waals surface area contributed by atoms with Gasteiger partial charge in [0.05, 0.1) is 0 Å². The van der Waals surface area contributed by atoms with E-state index in [0.717, 1.165) is 32.1 Å². The molecular weight excluding hydrogens is 234 g/mol. The Hall–Kier alpha value is -0.250. The molecule has 104 valence electrons. The summed E-state index contributed by atoms with van der Waals surface area (Å²) in [4.78, 5) is 10.5. The minimum atomic E-state index is -0.286. The van der Waals surface area contributed by atoms with Gasteiger partial charge in [-0.25, -0.2) is 0 Å². The lowest BCUT2D eigenvalue weighted by Crippen LogP contribution is -2.28. The van der Waals surface area contributed by atoms with E-state index in [1.807, 2.05) is 27.7 Å². The van der Waals surface area contributed by atoms with Crippen molar-refractivity contribution < 1.29 is 4.92 Å². The van der Waals surface area contributed by atoms with Crippen LogP contribution in [0.15, 0.2) is 0 Å². The van der Waals surface area contributed by atoms with E-state index < -0.39 is 0 Å². The fourth-order valence-electron chi connectivity index (χ4n) is 2.15. The Kier molecular flexibility index (Phi) is 13.7. The lowest BCUT2D eigenvalue weighted by atomic mass is 9.83. The van der Waals surface area contributed by atoms with E-state index in [2.05, 4.69) is 19.6 Å². The highest BCUT2D eigenvalue weighted by molar-refractivity contribution is 7.80. The second kappa shape index (κ2) is 12.2. The maximum Gasteiger partial charge on any atom is 0.213 e. The van der Waals surface area contributed by atoms with Crippen LogP contribution in [0.1, 0.15) is 66.7 Å². The Balaban J connectivity index is 0. The Morgan fingerprint density at radius 2 is 1.82 bits per heavy atom. The molecule has 0 heterocycles. The Bertz CT molecular complexity index is 186. The first-order valence-electron chi connectivity index (χ1n) is 6.91. The van der Waals surface area contributed by atoms with E-state index in [1.165, 1.54) is 0 Å². The van der Waals surface area contributed by atoms with Gasteiger partial charge < -0.3 is 0 Å². The van der Waals surface area contributed by atoms with Gasteiger partial charge >= 0.3 is 0 Å². The standard InChI is InChI=1S/C9H17NO2S.2C2H6/c1-7(13)5-8-3-2-4-9(6-8)10(11)12;2*1-2/h7-9,13H,2-6H2,1H3;2*1-2H3. The van der Waals surface area contributed by atoms with E-state index in [0.29, 0.717) is 11.2 Å². The third-order valence-electron chi connectivity index (χ3n) is 2.73. The zero-order valence-corrected chi connectivity index (χ0v) is 12.9. The van der Waals surface area contributed by atoms with Crippen molar-refractivity contribution >= 4 is 12.6 Å². The van der Waals surface area contributed by atoms with Gasteiger partial charge in [-0.3, -0.25) is 10.1 Å². The summed E-state index contributed by atoms with van der Waals surface area (Å²) >= 11 is 4.32. The normalized spacial score (nSPS) is 24.6. The molecule has 0 aliphatic heterocycles. The van der Waals surface area contributed by atoms with Crippen molar-refractivity contribution in [1.82, 2.24) is 0 Å². The molecule has 0 aromatic carbocycles. The molecule has 1 rings (SSSR count). The van der Waals surface area contributed by atoms with Gasteiger partial charge in [0.1, 0.15) is 0 Å². The first-order valence-corrected chi connectivity index (χ1v) is 7.42. The van der Waals surface area contributed by atoms with Crippen molar-refractivity contribution in [2.24, 2.45) is 5.92 Å². The van der Waals surface area contributed by atoms with Gasteiger partial charge in [0.2, 0.25) is 6.04 Å². The lowest BCUT2D eigenvalue weighted by Gasteiger charge is -2.25. The van der Waals surface area contributed by atoms with Gasteiger partial charge in [0, 0.05) is 17.8 Å². The number of hydrogen-bond acceptors (Lipinski definition) is 3. The van der Waals surface area contributed by atoms with Crippen LogP contribution in [-0.4, -0.2) is 16.2 Å². The molecule has 0 aromatic heterocycles. The van der Waals surface area contributed by atoms with Crippen LogP contribution in [0, 0.1) is 16.0 Å². The van der Waals surface area contributed by atoms with Gasteiger partial charge in [0.25, 0.3) is 0 Å². The van der Waals surface area contributed by atoms with Gasteiger partial charge in [-0.05, 0) is 30.4 Å². The van der Waals surface area contributed by atoms with E-state index in [4.69, 9.17) is 0 Å². The van der Waals surface area contributed by atoms with Crippen molar-refractivity contribution in [2.45, 2.75) is 78.0 Å². The smallest absolute Gasteiger partial charge is 0.213 e. The largest absolute Gasteiger partial charge is 0.264 e. The molecule has 1 aliphatic rings. The highest BCUT2D eigenvalue weighted by Crippen LogP contribution is 2.30. The number of thiol groups is 1. The first kappa shape index (κ1) is 19.1. The number of hydrogen-bond donors (Lipinski definition) is 1. The summed E-state index contributed by atoms with van der Waals surface area (Å²) in [6, 6.07) is -0.286. The molecule has 0 aromatic rings. The molecule has 0 radical (unpaired) electrons. The van der Waals surface area contributed by atoms with E-state index >= 15 is 0 Å². The lowest BCUT2D eigenvalue weighted by molar-refractivity contribution is -0.528. The fraction of sp³-hybridized carbons (Fsp3) is 1.00. The zero-order valence-electron chi connectivity index (χ0n) is 12.0. The Morgan fingerprint density at radius 3 is 2.24 bits per heavy atom. The molecule has 3 nitrogen and oxygen atoms in total. The molecule has 0 saturated heterocycles. The molecular formula is C13H29NO2S. The van der Waals surface area contributed by atoms with Crippen LogP contribution >= 0.6 is 12.6 Å². The van der Waals surface area contributed by atoms with Crippen molar-refractivity contribution in [3.05, 3.63) is 10.1 Å². The maximum absolute atomic E-state index is 10.6. The van der Waals surface area contributed by atoms with Crippen LogP contribution in [0.3, 0.4) is 0 Å². The molecule has 17 heavy (non-hydrogen) atoms. The minimum absolute atomic E-state index is 0.116. The summed E-state index contributed by atoms with van der Waals surface area (Å²) in [5.74, 6) is 0.525. The number of rotatable bonds is 3. The van der Waals surface area contributed by atoms with Gasteiger partial charge in [-0.15, -0.1) is 0 Å². The van der Waals surface area contributed by atoms with E-state index in [9.17, 15) is 10.1 Å². The number of nitrogens with zero attached hydrogens (tertiary/aromatic N) is 1. The summed E-state index contributed by atoms with van der Waals surface area (Å²) < 4.78 is 0. The van der Waals surface area contributed by atoms with Crippen LogP contribution < -0.4 is 0 Å². The van der Waals surface area contributed by atoms with Crippen LogP contribution in [-0.2, 0) is 0 Å². The molecule has 0 spiro atoms. The molecule has 1 aliphatic carbocycles. The van der Waals surface area contributed by atoms with Crippen molar-refractivity contribution in [3.63, 3.8) is 0 Å². The average Bonchev–Trinajstić information content (AvgIpc) is 2.33. The molecule has 3 atom stereocenters. The monoisotopic (exact) mass is 263 g/mol. The van der Waals surface area contributed by atoms with Crippen LogP contribution in [0.25, 0.3) is 0 Å². The Morgan fingerprint density at radius 1 is 1.29 bits per heavy atom. The highest BCUT2D eigenvalue weighted by atomic mass is 32.1. The first-order chi connectivity index (χ1) is 8.09. The second-order valence-electron chi connectivity index (χ2n) is 4.06. The quantitative estimate of drug-likeness (QED) is 0.460. The van der Waals surface area contributed by atoms with Gasteiger partial charge in [-0.1, -0.05) is 34.6 Å². The maximum atomic E-state index is 10.6. The molecule has 3 unspecified atom stereocenters. The number of nitro groups is 1. The van der Waals surface area contributed by atoms with E-state index in [1.54, 1.807) is 0 Å². The van der Waals surface area contributed by atoms with Crippen LogP contribution in [0.2, 0.25) is 0 Å². The molecule has 4 heteroatoms. The SMILES string of the molecule is CC.CC.CC(S)CC1CCCC([N+](=O)[O-])C1. The van der Waals surface area contributed by atoms with Crippen molar-refractivity contribution in [2.75, 3.05) is 0 Å². The predicted molar refractivity (Wildman–Crippen MR) is 78.5 cm³/mol. The topological polar surface area (TPSA) is 43.1 Å².